The quantitative estimate of drug-likeness (QED) is 0.177. The minimum Gasteiger partial charge on any atom is -0.457 e. The number of fused-ring (bicyclic) bond motifs is 2. The maximum absolute atomic E-state index is 7.08. The molecular weight excluding hydrogens is 833 g/mol. The monoisotopic (exact) mass is 872 g/mol. The summed E-state index contributed by atoms with van der Waals surface area (Å²) in [5.41, 5.74) is 10.7. The van der Waals surface area contributed by atoms with Crippen LogP contribution in [0.1, 0.15) is 16.7 Å². The van der Waals surface area contributed by atoms with E-state index in [9.17, 15) is 0 Å². The standard InChI is InChI=1S/C62H40N4O2/c1-5-19-43(20-6-1)57-58(44-21-7-2-8-22-44)65-62(64-57)48-33-37-50(38-34-48)68-54-40-32-42-18-14-16-28-52(42)56(54)55-51-27-15-13-17-41(51)31-39-53(55)67-49-35-29-47(30-36-49)61-63-59(45-23-9-3-10-24-45)60(66(61)62)46-25-11-4-12-26-46/h1-40H. The third-order valence-corrected chi connectivity index (χ3v) is 13.0. The molecule has 5 aliphatic rings. The first-order chi connectivity index (χ1) is 33.7. The number of nitrogens with zero attached hydrogens (tertiary/aromatic N) is 4. The normalized spacial score (nSPS) is 13.5. The molecule has 16 rings (SSSR count). The van der Waals surface area contributed by atoms with Gasteiger partial charge in [0, 0.05) is 44.5 Å². The smallest absolute Gasteiger partial charge is 0.261 e. The maximum atomic E-state index is 7.08. The molecule has 10 aromatic carbocycles. The van der Waals surface area contributed by atoms with Crippen LogP contribution in [0.15, 0.2) is 253 Å². The SMILES string of the molecule is c1ccc(C2=NC3(N=C2c2ccccc2)c2ccc(cc2)Oc2ccc4ccccc4c2-c2c(ccc4ccccc24)Oc2ccc(cc2)-c2nc(-c4ccccc4)c(-c4ccccc4)n23)cc1. The van der Waals surface area contributed by atoms with Gasteiger partial charge < -0.3 is 9.47 Å². The molecule has 68 heavy (non-hydrogen) atoms. The molecule has 0 N–H and O–H groups in total. The highest BCUT2D eigenvalue weighted by Gasteiger charge is 2.45. The summed E-state index contributed by atoms with van der Waals surface area (Å²) in [5, 5.41) is 4.31. The molecule has 1 aromatic heterocycles. The number of aliphatic imine (C=N–C) groups is 2. The van der Waals surface area contributed by atoms with Crippen molar-refractivity contribution in [2.75, 3.05) is 0 Å². The van der Waals surface area contributed by atoms with Gasteiger partial charge in [0.15, 0.2) is 0 Å². The van der Waals surface area contributed by atoms with Crippen molar-refractivity contribution in [3.05, 3.63) is 259 Å². The summed E-state index contributed by atoms with van der Waals surface area (Å²) < 4.78 is 16.4. The van der Waals surface area contributed by atoms with Crippen molar-refractivity contribution < 1.29 is 9.47 Å². The molecule has 0 aliphatic carbocycles. The molecule has 0 unspecified atom stereocenters. The van der Waals surface area contributed by atoms with Gasteiger partial charge in [-0.3, -0.25) is 4.57 Å². The number of imidazole rings is 1. The molecule has 5 aliphatic heterocycles. The van der Waals surface area contributed by atoms with Gasteiger partial charge in [0.1, 0.15) is 28.8 Å². The van der Waals surface area contributed by atoms with Crippen LogP contribution in [0.4, 0.5) is 0 Å². The Labute approximate surface area is 393 Å². The van der Waals surface area contributed by atoms with Crippen molar-refractivity contribution in [2.45, 2.75) is 5.79 Å². The molecule has 0 fully saturated rings. The molecular formula is C62H40N4O2. The fourth-order valence-corrected chi connectivity index (χ4v) is 9.83. The van der Waals surface area contributed by atoms with E-state index in [0.717, 1.165) is 88.9 Å². The molecule has 0 amide bonds. The van der Waals surface area contributed by atoms with Gasteiger partial charge >= 0.3 is 0 Å². The molecule has 6 nitrogen and oxygen atoms in total. The van der Waals surface area contributed by atoms with Crippen LogP contribution in [0.5, 0.6) is 23.0 Å². The van der Waals surface area contributed by atoms with Gasteiger partial charge in [0.25, 0.3) is 5.79 Å². The van der Waals surface area contributed by atoms with Gasteiger partial charge in [-0.15, -0.1) is 0 Å². The molecule has 0 radical (unpaired) electrons. The van der Waals surface area contributed by atoms with Crippen LogP contribution in [0.2, 0.25) is 0 Å². The third-order valence-electron chi connectivity index (χ3n) is 13.0. The molecule has 6 heteroatoms. The molecule has 0 saturated heterocycles. The van der Waals surface area contributed by atoms with E-state index in [1.54, 1.807) is 0 Å². The van der Waals surface area contributed by atoms with Gasteiger partial charge in [-0.05, 0) is 82.2 Å². The number of ether oxygens (including phenoxy) is 2. The highest BCUT2D eigenvalue weighted by molar-refractivity contribution is 6.54. The molecule has 11 aromatic rings. The Morgan fingerprint density at radius 1 is 0.353 bits per heavy atom. The largest absolute Gasteiger partial charge is 0.457 e. The highest BCUT2D eigenvalue weighted by Crippen LogP contribution is 2.50. The lowest BCUT2D eigenvalue weighted by atomic mass is 9.92. The first-order valence-corrected chi connectivity index (χ1v) is 22.8. The van der Waals surface area contributed by atoms with Crippen molar-refractivity contribution in [1.82, 2.24) is 9.55 Å². The average molecular weight is 873 g/mol. The molecule has 1 spiro atoms. The Balaban J connectivity index is 1.15. The lowest BCUT2D eigenvalue weighted by Gasteiger charge is -2.30. The van der Waals surface area contributed by atoms with Gasteiger partial charge in [-0.25, -0.2) is 15.0 Å². The number of aromatic nitrogens is 2. The Morgan fingerprint density at radius 3 is 1.28 bits per heavy atom. The van der Waals surface area contributed by atoms with Crippen LogP contribution in [0, 0.1) is 0 Å². The van der Waals surface area contributed by atoms with E-state index in [1.807, 2.05) is 48.5 Å². The van der Waals surface area contributed by atoms with E-state index in [0.29, 0.717) is 28.8 Å². The zero-order chi connectivity index (χ0) is 45.0. The molecule has 320 valence electrons. The van der Waals surface area contributed by atoms with Gasteiger partial charge in [0.05, 0.1) is 22.8 Å². The van der Waals surface area contributed by atoms with Crippen LogP contribution < -0.4 is 9.47 Å². The van der Waals surface area contributed by atoms with Gasteiger partial charge in [0.2, 0.25) is 0 Å². The average Bonchev–Trinajstić information content (AvgIpc) is 4.02. The summed E-state index contributed by atoms with van der Waals surface area (Å²) in [6, 6.07) is 83.4. The maximum Gasteiger partial charge on any atom is 0.261 e. The van der Waals surface area contributed by atoms with Crippen molar-refractivity contribution in [1.29, 1.82) is 0 Å². The van der Waals surface area contributed by atoms with E-state index in [2.05, 4.69) is 199 Å². The third kappa shape index (κ3) is 6.53. The second kappa shape index (κ2) is 16.1. The van der Waals surface area contributed by atoms with Crippen LogP contribution >= 0.6 is 0 Å². The molecule has 6 heterocycles. The van der Waals surface area contributed by atoms with E-state index < -0.39 is 5.79 Å². The van der Waals surface area contributed by atoms with Crippen molar-refractivity contribution in [2.24, 2.45) is 9.98 Å². The number of hydrogen-bond donors (Lipinski definition) is 0. The molecule has 0 saturated carbocycles. The number of benzene rings is 10. The first kappa shape index (κ1) is 39.3. The highest BCUT2D eigenvalue weighted by atomic mass is 16.5. The topological polar surface area (TPSA) is 61.0 Å². The lowest BCUT2D eigenvalue weighted by molar-refractivity contribution is 0.407. The van der Waals surface area contributed by atoms with E-state index in [-0.39, 0.29) is 0 Å². The Bertz CT molecular complexity index is 3700. The first-order valence-electron chi connectivity index (χ1n) is 22.8. The summed E-state index contributed by atoms with van der Waals surface area (Å²) in [6.07, 6.45) is 0. The Hall–Kier alpha value is -9.13. The van der Waals surface area contributed by atoms with Crippen LogP contribution in [-0.4, -0.2) is 21.0 Å². The van der Waals surface area contributed by atoms with Crippen molar-refractivity contribution in [3.8, 4) is 68.0 Å². The fourth-order valence-electron chi connectivity index (χ4n) is 9.83. The molecule has 0 atom stereocenters. The van der Waals surface area contributed by atoms with Crippen LogP contribution in [0.25, 0.3) is 66.6 Å². The number of hydrogen-bond acceptors (Lipinski definition) is 5. The number of rotatable bonds is 4. The van der Waals surface area contributed by atoms with Crippen molar-refractivity contribution in [3.63, 3.8) is 0 Å². The minimum absolute atomic E-state index is 0.663. The van der Waals surface area contributed by atoms with Gasteiger partial charge in [-0.2, -0.15) is 0 Å². The summed E-state index contributed by atoms with van der Waals surface area (Å²) in [7, 11) is 0. The van der Waals surface area contributed by atoms with Crippen LogP contribution in [-0.2, 0) is 5.79 Å². The van der Waals surface area contributed by atoms with E-state index in [4.69, 9.17) is 24.4 Å². The predicted molar refractivity (Wildman–Crippen MR) is 275 cm³/mol. The summed E-state index contributed by atoms with van der Waals surface area (Å²) in [6.45, 7) is 0. The van der Waals surface area contributed by atoms with E-state index in [1.165, 1.54) is 0 Å². The van der Waals surface area contributed by atoms with Crippen LogP contribution in [0.3, 0.4) is 0 Å². The Kier molecular flexibility index (Phi) is 9.29. The zero-order valence-electron chi connectivity index (χ0n) is 36.7. The summed E-state index contributed by atoms with van der Waals surface area (Å²) in [5.74, 6) is 2.06. The Morgan fingerprint density at radius 2 is 0.779 bits per heavy atom. The summed E-state index contributed by atoms with van der Waals surface area (Å²) in [4.78, 5) is 17.5. The minimum atomic E-state index is -1.40. The molecule has 4 bridgehead atoms. The summed E-state index contributed by atoms with van der Waals surface area (Å²) >= 11 is 0. The zero-order valence-corrected chi connectivity index (χ0v) is 36.7. The van der Waals surface area contributed by atoms with E-state index >= 15 is 0 Å². The van der Waals surface area contributed by atoms with Gasteiger partial charge in [-0.1, -0.05) is 182 Å². The van der Waals surface area contributed by atoms with Crippen molar-refractivity contribution >= 4 is 33.0 Å². The lowest BCUT2D eigenvalue weighted by Crippen LogP contribution is -2.31. The second-order valence-corrected chi connectivity index (χ2v) is 17.1. The second-order valence-electron chi connectivity index (χ2n) is 17.1. The predicted octanol–water partition coefficient (Wildman–Crippen LogP) is 15.4. The fraction of sp³-hybridized carbons (Fsp3) is 0.0161.